The first-order chi connectivity index (χ1) is 12.1. The largest absolute Gasteiger partial charge is 0.444 e. The van der Waals surface area contributed by atoms with Gasteiger partial charge in [-0.15, -0.1) is 0 Å². The Morgan fingerprint density at radius 1 is 1.35 bits per heavy atom. The van der Waals surface area contributed by atoms with E-state index in [1.165, 1.54) is 12.1 Å². The van der Waals surface area contributed by atoms with Gasteiger partial charge in [-0.3, -0.25) is 4.79 Å². The minimum absolute atomic E-state index is 0.0395. The molecule has 0 aromatic heterocycles. The highest BCUT2D eigenvalue weighted by Crippen LogP contribution is 2.17. The number of rotatable bonds is 3. The molecular formula is C20H27FN2O3. The van der Waals surface area contributed by atoms with E-state index in [-0.39, 0.29) is 30.3 Å². The van der Waals surface area contributed by atoms with Crippen molar-refractivity contribution in [2.45, 2.75) is 45.8 Å². The summed E-state index contributed by atoms with van der Waals surface area (Å²) in [6.45, 7) is 12.3. The van der Waals surface area contributed by atoms with Gasteiger partial charge in [0.05, 0.1) is 6.42 Å². The minimum Gasteiger partial charge on any atom is -0.444 e. The monoisotopic (exact) mass is 362 g/mol. The van der Waals surface area contributed by atoms with Gasteiger partial charge in [-0.1, -0.05) is 18.7 Å². The van der Waals surface area contributed by atoms with Gasteiger partial charge < -0.3 is 14.5 Å². The highest BCUT2D eigenvalue weighted by atomic mass is 19.1. The van der Waals surface area contributed by atoms with Crippen molar-refractivity contribution in [1.82, 2.24) is 9.80 Å². The molecule has 1 aromatic rings. The molecule has 2 amide bonds. The molecular weight excluding hydrogens is 335 g/mol. The quantitative estimate of drug-likeness (QED) is 0.827. The summed E-state index contributed by atoms with van der Waals surface area (Å²) < 4.78 is 18.9. The fourth-order valence-corrected chi connectivity index (χ4v) is 2.92. The number of nitrogens with zero attached hydrogens (tertiary/aromatic N) is 2. The van der Waals surface area contributed by atoms with Crippen LogP contribution in [0.5, 0.6) is 0 Å². The van der Waals surface area contributed by atoms with E-state index in [1.54, 1.807) is 21.9 Å². The third-order valence-corrected chi connectivity index (χ3v) is 4.24. The predicted molar refractivity (Wildman–Crippen MR) is 99.2 cm³/mol. The van der Waals surface area contributed by atoms with Gasteiger partial charge in [0.15, 0.2) is 0 Å². The first-order valence-corrected chi connectivity index (χ1v) is 8.79. The molecule has 1 aliphatic rings. The first-order valence-electron chi connectivity index (χ1n) is 8.79. The lowest BCUT2D eigenvalue weighted by Gasteiger charge is -2.40. The maximum Gasteiger partial charge on any atom is 0.410 e. The smallest absolute Gasteiger partial charge is 0.410 e. The van der Waals surface area contributed by atoms with Gasteiger partial charge >= 0.3 is 6.09 Å². The fourth-order valence-electron chi connectivity index (χ4n) is 2.92. The van der Waals surface area contributed by atoms with Crippen molar-refractivity contribution >= 4 is 18.1 Å². The Morgan fingerprint density at radius 3 is 2.62 bits per heavy atom. The number of carbonyl (C=O) groups excluding carboxylic acids is 2. The highest BCUT2D eigenvalue weighted by molar-refractivity contribution is 5.79. The normalized spacial score (nSPS) is 17.8. The number of halogens is 1. The molecule has 1 atom stereocenters. The van der Waals surface area contributed by atoms with Crippen LogP contribution in [0.1, 0.15) is 38.8 Å². The van der Waals surface area contributed by atoms with E-state index in [1.807, 2.05) is 27.7 Å². The highest BCUT2D eigenvalue weighted by Gasteiger charge is 2.32. The number of hydrogen-bond donors (Lipinski definition) is 0. The second-order valence-corrected chi connectivity index (χ2v) is 7.60. The van der Waals surface area contributed by atoms with Crippen molar-refractivity contribution in [3.63, 3.8) is 0 Å². The Kier molecular flexibility index (Phi) is 6.05. The van der Waals surface area contributed by atoms with E-state index >= 15 is 0 Å². The van der Waals surface area contributed by atoms with Gasteiger partial charge in [0.25, 0.3) is 0 Å². The van der Waals surface area contributed by atoms with Crippen LogP contribution >= 0.6 is 0 Å². The number of piperazine rings is 1. The predicted octanol–water partition coefficient (Wildman–Crippen LogP) is 3.48. The summed E-state index contributed by atoms with van der Waals surface area (Å²) in [5.41, 5.74) is 0.585. The molecule has 26 heavy (non-hydrogen) atoms. The third kappa shape index (κ3) is 5.07. The maximum absolute atomic E-state index is 13.5. The molecule has 142 valence electrons. The Bertz CT molecular complexity index is 697. The average molecular weight is 362 g/mol. The number of hydrogen-bond acceptors (Lipinski definition) is 3. The van der Waals surface area contributed by atoms with Crippen LogP contribution < -0.4 is 0 Å². The molecule has 5 nitrogen and oxygen atoms in total. The van der Waals surface area contributed by atoms with Gasteiger partial charge in [-0.05, 0) is 45.4 Å². The molecule has 0 saturated carbocycles. The molecule has 1 aliphatic heterocycles. The van der Waals surface area contributed by atoms with Crippen LogP contribution in [0.15, 0.2) is 24.8 Å². The van der Waals surface area contributed by atoms with Crippen molar-refractivity contribution in [3.8, 4) is 0 Å². The summed E-state index contributed by atoms with van der Waals surface area (Å²) >= 11 is 0. The van der Waals surface area contributed by atoms with E-state index in [9.17, 15) is 14.0 Å². The molecule has 1 saturated heterocycles. The van der Waals surface area contributed by atoms with Crippen LogP contribution in [-0.2, 0) is 16.0 Å². The van der Waals surface area contributed by atoms with Crippen molar-refractivity contribution < 1.29 is 18.7 Å². The zero-order chi connectivity index (χ0) is 19.5. The first kappa shape index (κ1) is 19.9. The molecule has 1 heterocycles. The van der Waals surface area contributed by atoms with Crippen molar-refractivity contribution in [3.05, 3.63) is 41.7 Å². The van der Waals surface area contributed by atoms with Crippen LogP contribution in [0, 0.1) is 5.82 Å². The Morgan fingerprint density at radius 2 is 2.04 bits per heavy atom. The van der Waals surface area contributed by atoms with Gasteiger partial charge in [-0.25, -0.2) is 9.18 Å². The van der Waals surface area contributed by atoms with Crippen LogP contribution in [0.3, 0.4) is 0 Å². The standard InChI is InChI=1S/C20H27FN2O3/c1-6-16-11-15(7-8-17(16)21)12-18(24)22-9-10-23(14(2)13-22)19(25)26-20(3,4)5/h6-8,11,14H,1,9-10,12-13H2,2-5H3/t14-/m1/s1. The molecule has 1 fully saturated rings. The SMILES string of the molecule is C=Cc1cc(CC(=O)N2CCN(C(=O)OC(C)(C)C)[C@H](C)C2)ccc1F. The molecule has 0 bridgehead atoms. The van der Waals surface area contributed by atoms with Gasteiger partial charge in [0.1, 0.15) is 11.4 Å². The molecule has 1 aromatic carbocycles. The summed E-state index contributed by atoms with van der Waals surface area (Å²) in [4.78, 5) is 28.2. The zero-order valence-corrected chi connectivity index (χ0v) is 15.9. The van der Waals surface area contributed by atoms with Gasteiger partial charge in [0.2, 0.25) is 5.91 Å². The lowest BCUT2D eigenvalue weighted by atomic mass is 10.1. The second-order valence-electron chi connectivity index (χ2n) is 7.60. The molecule has 2 rings (SSSR count). The van der Waals surface area contributed by atoms with E-state index in [0.717, 1.165) is 5.56 Å². The molecule has 0 N–H and O–H groups in total. The lowest BCUT2D eigenvalue weighted by Crippen LogP contribution is -2.56. The Hall–Kier alpha value is -2.37. The van der Waals surface area contributed by atoms with Crippen molar-refractivity contribution in [1.29, 1.82) is 0 Å². The van der Waals surface area contributed by atoms with E-state index in [0.29, 0.717) is 25.2 Å². The van der Waals surface area contributed by atoms with Crippen LogP contribution in [0.2, 0.25) is 0 Å². The second kappa shape index (κ2) is 7.89. The number of ether oxygens (including phenoxy) is 1. The molecule has 6 heteroatoms. The van der Waals surface area contributed by atoms with Crippen molar-refractivity contribution in [2.75, 3.05) is 19.6 Å². The molecule has 0 radical (unpaired) electrons. The number of benzene rings is 1. The van der Waals surface area contributed by atoms with Crippen molar-refractivity contribution in [2.24, 2.45) is 0 Å². The zero-order valence-electron chi connectivity index (χ0n) is 15.9. The minimum atomic E-state index is -0.546. The summed E-state index contributed by atoms with van der Waals surface area (Å²) in [6.07, 6.45) is 1.27. The molecule has 0 aliphatic carbocycles. The molecule has 0 unspecified atom stereocenters. The van der Waals surface area contributed by atoms with Crippen LogP contribution in [0.25, 0.3) is 6.08 Å². The summed E-state index contributed by atoms with van der Waals surface area (Å²) in [6, 6.07) is 4.48. The lowest BCUT2D eigenvalue weighted by molar-refractivity contribution is -0.133. The third-order valence-electron chi connectivity index (χ3n) is 4.24. The van der Waals surface area contributed by atoms with E-state index in [4.69, 9.17) is 4.74 Å². The van der Waals surface area contributed by atoms with Crippen LogP contribution in [0.4, 0.5) is 9.18 Å². The van der Waals surface area contributed by atoms with Gasteiger partial charge in [0, 0.05) is 31.2 Å². The Labute approximate surface area is 154 Å². The fraction of sp³-hybridized carbons (Fsp3) is 0.500. The van der Waals surface area contributed by atoms with Gasteiger partial charge in [-0.2, -0.15) is 0 Å². The van der Waals surface area contributed by atoms with E-state index in [2.05, 4.69) is 6.58 Å². The molecule has 0 spiro atoms. The average Bonchev–Trinajstić information content (AvgIpc) is 2.54. The summed E-state index contributed by atoms with van der Waals surface area (Å²) in [5.74, 6) is -0.391. The van der Waals surface area contributed by atoms with E-state index < -0.39 is 5.60 Å². The van der Waals surface area contributed by atoms with Crippen LogP contribution in [-0.4, -0.2) is 53.1 Å². The summed E-state index contributed by atoms with van der Waals surface area (Å²) in [7, 11) is 0. The Balaban J connectivity index is 1.96. The number of carbonyl (C=O) groups is 2. The number of amides is 2. The summed E-state index contributed by atoms with van der Waals surface area (Å²) in [5, 5.41) is 0. The maximum atomic E-state index is 13.5. The topological polar surface area (TPSA) is 49.9 Å².